The molecule has 0 saturated carbocycles. The number of nitrogens with zero attached hydrogens (tertiary/aromatic N) is 1. The lowest BCUT2D eigenvalue weighted by Crippen LogP contribution is -2.19. The fraction of sp³-hybridized carbons (Fsp3) is 0.200. The summed E-state index contributed by atoms with van der Waals surface area (Å²) in [5, 5.41) is 10.5. The van der Waals surface area contributed by atoms with Gasteiger partial charge in [-0.3, -0.25) is 9.79 Å². The van der Waals surface area contributed by atoms with E-state index in [9.17, 15) is 4.79 Å². The molecular formula is C10H8BrNO2. The van der Waals surface area contributed by atoms with E-state index in [4.69, 9.17) is 5.11 Å². The molecule has 0 amide bonds. The Morgan fingerprint density at radius 2 is 2.21 bits per heavy atom. The van der Waals surface area contributed by atoms with Crippen LogP contribution in [0.5, 0.6) is 0 Å². The smallest absolute Gasteiger partial charge is 0.307 e. The number of aliphatic carboxylic acids is 1. The van der Waals surface area contributed by atoms with Crippen molar-refractivity contribution in [3.63, 3.8) is 0 Å². The van der Waals surface area contributed by atoms with Gasteiger partial charge in [0, 0.05) is 0 Å². The lowest BCUT2D eigenvalue weighted by atomic mass is 10.2. The van der Waals surface area contributed by atoms with Crippen molar-refractivity contribution in [1.29, 1.82) is 0 Å². The Balaban J connectivity index is 2.48. The molecule has 1 N–H and O–H groups in total. The zero-order valence-electron chi connectivity index (χ0n) is 7.27. The molecule has 3 nitrogen and oxygen atoms in total. The predicted octanol–water partition coefficient (Wildman–Crippen LogP) is 0.666. The van der Waals surface area contributed by atoms with Crippen LogP contribution in [-0.4, -0.2) is 15.5 Å². The average molecular weight is 254 g/mol. The molecule has 0 spiro atoms. The van der Waals surface area contributed by atoms with Crippen molar-refractivity contribution >= 4 is 28.0 Å². The van der Waals surface area contributed by atoms with Crippen molar-refractivity contribution in [2.45, 2.75) is 10.9 Å². The highest BCUT2D eigenvalue weighted by atomic mass is 79.9. The first kappa shape index (κ1) is 9.40. The summed E-state index contributed by atoms with van der Waals surface area (Å²) in [6.07, 6.45) is 1.79. The number of para-hydroxylation sites is 1. The second kappa shape index (κ2) is 3.20. The average Bonchev–Trinajstić information content (AvgIpc) is 2.38. The fourth-order valence-electron chi connectivity index (χ4n) is 1.48. The van der Waals surface area contributed by atoms with Gasteiger partial charge in [0.15, 0.2) is 0 Å². The summed E-state index contributed by atoms with van der Waals surface area (Å²) in [5.41, 5.74) is 0. The minimum Gasteiger partial charge on any atom is -0.481 e. The monoisotopic (exact) mass is 253 g/mol. The van der Waals surface area contributed by atoms with Crippen LogP contribution in [0.25, 0.3) is 6.08 Å². The highest BCUT2D eigenvalue weighted by Crippen LogP contribution is 2.27. The SMILES string of the molecule is O=C(O)CC1(Br)C=c2ccccc2=N1. The molecule has 0 aliphatic carbocycles. The number of benzene rings is 1. The van der Waals surface area contributed by atoms with Gasteiger partial charge in [-0.25, -0.2) is 0 Å². The Labute approximate surface area is 88.9 Å². The molecule has 14 heavy (non-hydrogen) atoms. The minimum atomic E-state index is -0.866. The van der Waals surface area contributed by atoms with E-state index >= 15 is 0 Å². The van der Waals surface area contributed by atoms with Gasteiger partial charge in [-0.2, -0.15) is 0 Å². The van der Waals surface area contributed by atoms with E-state index in [0.29, 0.717) is 0 Å². The molecule has 72 valence electrons. The Morgan fingerprint density at radius 3 is 2.86 bits per heavy atom. The quantitative estimate of drug-likeness (QED) is 0.622. The van der Waals surface area contributed by atoms with Crippen LogP contribution in [-0.2, 0) is 4.79 Å². The number of halogens is 1. The zero-order valence-corrected chi connectivity index (χ0v) is 8.86. The number of fused-ring (bicyclic) bond motifs is 1. The van der Waals surface area contributed by atoms with Crippen molar-refractivity contribution in [1.82, 2.24) is 0 Å². The lowest BCUT2D eigenvalue weighted by Gasteiger charge is -2.11. The van der Waals surface area contributed by atoms with Crippen LogP contribution in [0.2, 0.25) is 0 Å². The highest BCUT2D eigenvalue weighted by Gasteiger charge is 2.28. The van der Waals surface area contributed by atoms with Crippen molar-refractivity contribution in [2.75, 3.05) is 0 Å². The summed E-state index contributed by atoms with van der Waals surface area (Å²) in [6, 6.07) is 7.58. The van der Waals surface area contributed by atoms with Gasteiger partial charge < -0.3 is 5.11 Å². The third-order valence-corrected chi connectivity index (χ3v) is 2.71. The van der Waals surface area contributed by atoms with Gasteiger partial charge in [-0.1, -0.05) is 34.1 Å². The molecule has 1 unspecified atom stereocenters. The van der Waals surface area contributed by atoms with Crippen LogP contribution in [0.4, 0.5) is 0 Å². The predicted molar refractivity (Wildman–Crippen MR) is 55.6 cm³/mol. The Hall–Kier alpha value is -1.16. The topological polar surface area (TPSA) is 49.7 Å². The van der Waals surface area contributed by atoms with E-state index in [-0.39, 0.29) is 6.42 Å². The third-order valence-electron chi connectivity index (χ3n) is 2.02. The summed E-state index contributed by atoms with van der Waals surface area (Å²) in [7, 11) is 0. The molecular weight excluding hydrogens is 246 g/mol. The molecule has 0 aromatic heterocycles. The normalized spacial score (nSPS) is 23.5. The summed E-state index contributed by atoms with van der Waals surface area (Å²) < 4.78 is -0.761. The fourth-order valence-corrected chi connectivity index (χ4v) is 2.16. The molecule has 2 rings (SSSR count). The number of hydrogen-bond acceptors (Lipinski definition) is 2. The van der Waals surface area contributed by atoms with E-state index in [0.717, 1.165) is 10.6 Å². The third kappa shape index (κ3) is 1.70. The van der Waals surface area contributed by atoms with Gasteiger partial charge in [0.1, 0.15) is 4.45 Å². The lowest BCUT2D eigenvalue weighted by molar-refractivity contribution is -0.137. The number of carboxylic acids is 1. The van der Waals surface area contributed by atoms with Crippen LogP contribution < -0.4 is 10.6 Å². The maximum absolute atomic E-state index is 10.6. The number of carbonyl (C=O) groups is 1. The largest absolute Gasteiger partial charge is 0.481 e. The Bertz CT molecular complexity index is 460. The molecule has 1 aromatic rings. The van der Waals surface area contributed by atoms with Crippen LogP contribution in [0.15, 0.2) is 29.3 Å². The van der Waals surface area contributed by atoms with E-state index in [2.05, 4.69) is 20.9 Å². The molecule has 1 aliphatic heterocycles. The number of carboxylic acid groups (broad SMARTS) is 1. The maximum Gasteiger partial charge on any atom is 0.307 e. The van der Waals surface area contributed by atoms with Crippen molar-refractivity contribution in [2.24, 2.45) is 4.99 Å². The van der Waals surface area contributed by atoms with Gasteiger partial charge >= 0.3 is 5.97 Å². The minimum absolute atomic E-state index is 0.0400. The number of hydrogen-bond donors (Lipinski definition) is 1. The molecule has 0 bridgehead atoms. The second-order valence-corrected chi connectivity index (χ2v) is 4.58. The molecule has 0 fully saturated rings. The summed E-state index contributed by atoms with van der Waals surface area (Å²) >= 11 is 3.32. The highest BCUT2D eigenvalue weighted by molar-refractivity contribution is 9.10. The standard InChI is InChI=1S/C10H8BrNO2/c11-10(6-9(13)14)5-7-3-1-2-4-8(7)12-10/h1-5H,6H2,(H,13,14). The van der Waals surface area contributed by atoms with E-state index in [1.807, 2.05) is 30.3 Å². The van der Waals surface area contributed by atoms with E-state index in [1.165, 1.54) is 0 Å². The van der Waals surface area contributed by atoms with Gasteiger partial charge in [0.25, 0.3) is 0 Å². The van der Waals surface area contributed by atoms with E-state index in [1.54, 1.807) is 0 Å². The molecule has 1 atom stereocenters. The van der Waals surface area contributed by atoms with Crippen molar-refractivity contribution in [3.05, 3.63) is 34.8 Å². The first-order valence-electron chi connectivity index (χ1n) is 4.18. The van der Waals surface area contributed by atoms with Gasteiger partial charge in [-0.05, 0) is 17.4 Å². The molecule has 1 aliphatic rings. The molecule has 0 radical (unpaired) electrons. The number of rotatable bonds is 2. The van der Waals surface area contributed by atoms with Crippen LogP contribution in [0, 0.1) is 0 Å². The molecule has 4 heteroatoms. The van der Waals surface area contributed by atoms with Crippen LogP contribution in [0.1, 0.15) is 6.42 Å². The van der Waals surface area contributed by atoms with Crippen LogP contribution >= 0.6 is 15.9 Å². The second-order valence-electron chi connectivity index (χ2n) is 3.20. The molecule has 0 saturated heterocycles. The van der Waals surface area contributed by atoms with Gasteiger partial charge in [0.05, 0.1) is 11.8 Å². The van der Waals surface area contributed by atoms with Crippen LogP contribution in [0.3, 0.4) is 0 Å². The summed E-state index contributed by atoms with van der Waals surface area (Å²) in [6.45, 7) is 0. The number of alkyl halides is 1. The molecule has 1 heterocycles. The molecule has 1 aromatic carbocycles. The summed E-state index contributed by atoms with van der Waals surface area (Å²) in [5.74, 6) is -0.866. The maximum atomic E-state index is 10.6. The van der Waals surface area contributed by atoms with E-state index < -0.39 is 10.4 Å². The Kier molecular flexibility index (Phi) is 2.15. The van der Waals surface area contributed by atoms with Gasteiger partial charge in [-0.15, -0.1) is 0 Å². The van der Waals surface area contributed by atoms with Crippen molar-refractivity contribution in [3.8, 4) is 0 Å². The van der Waals surface area contributed by atoms with Gasteiger partial charge in [0.2, 0.25) is 0 Å². The summed E-state index contributed by atoms with van der Waals surface area (Å²) in [4.78, 5) is 14.9. The zero-order chi connectivity index (χ0) is 10.2. The van der Waals surface area contributed by atoms with Crippen molar-refractivity contribution < 1.29 is 9.90 Å². The first-order chi connectivity index (χ1) is 6.59. The first-order valence-corrected chi connectivity index (χ1v) is 4.97. The Morgan fingerprint density at radius 1 is 1.50 bits per heavy atom.